The highest BCUT2D eigenvalue weighted by Crippen LogP contribution is 2.33. The van der Waals surface area contributed by atoms with Gasteiger partial charge in [0.05, 0.1) is 29.5 Å². The van der Waals surface area contributed by atoms with Gasteiger partial charge in [-0.3, -0.25) is 0 Å². The molecule has 172 valence electrons. The second-order valence-corrected chi connectivity index (χ2v) is 11.0. The van der Waals surface area contributed by atoms with Crippen molar-refractivity contribution < 1.29 is 14.2 Å². The molecule has 0 unspecified atom stereocenters. The van der Waals surface area contributed by atoms with Crippen molar-refractivity contribution >= 4 is 5.69 Å². The van der Waals surface area contributed by atoms with Crippen LogP contribution in [0.4, 0.5) is 5.69 Å². The molecule has 0 amide bonds. The number of nitrogens with zero attached hydrogens (tertiary/aromatic N) is 1. The van der Waals surface area contributed by atoms with Crippen molar-refractivity contribution in [1.29, 1.82) is 0 Å². The predicted molar refractivity (Wildman–Crippen MR) is 128 cm³/mol. The molecule has 0 bridgehead atoms. The van der Waals surface area contributed by atoms with Crippen LogP contribution in [0.2, 0.25) is 0 Å². The highest BCUT2D eigenvalue weighted by molar-refractivity contribution is 5.58. The first kappa shape index (κ1) is 24.1. The third kappa shape index (κ3) is 7.83. The number of hydrogen-bond donors (Lipinski definition) is 0. The zero-order chi connectivity index (χ0) is 22.6. The van der Waals surface area contributed by atoms with Crippen molar-refractivity contribution in [2.24, 2.45) is 0 Å². The molecule has 1 heterocycles. The first-order valence-corrected chi connectivity index (χ1v) is 11.8. The van der Waals surface area contributed by atoms with E-state index in [1.54, 1.807) is 0 Å². The Bertz CT molecular complexity index is 779. The Morgan fingerprint density at radius 2 is 1.61 bits per heavy atom. The number of rotatable bonds is 5. The summed E-state index contributed by atoms with van der Waals surface area (Å²) in [4.78, 5) is 2.48. The molecule has 0 N–H and O–H groups in total. The van der Waals surface area contributed by atoms with Gasteiger partial charge in [-0.25, -0.2) is 0 Å². The Labute approximate surface area is 189 Å². The van der Waals surface area contributed by atoms with Crippen LogP contribution in [0.1, 0.15) is 78.4 Å². The van der Waals surface area contributed by atoms with E-state index in [0.717, 1.165) is 44.3 Å². The molecule has 0 spiro atoms. The van der Waals surface area contributed by atoms with Crippen molar-refractivity contribution in [1.82, 2.24) is 0 Å². The quantitative estimate of drug-likeness (QED) is 0.581. The van der Waals surface area contributed by atoms with Crippen LogP contribution in [0.25, 0.3) is 0 Å². The molecule has 0 aromatic heterocycles. The van der Waals surface area contributed by atoms with Gasteiger partial charge in [-0.05, 0) is 91.8 Å². The molecule has 4 nitrogen and oxygen atoms in total. The van der Waals surface area contributed by atoms with E-state index >= 15 is 0 Å². The van der Waals surface area contributed by atoms with Crippen LogP contribution >= 0.6 is 0 Å². The van der Waals surface area contributed by atoms with E-state index in [1.165, 1.54) is 11.3 Å². The van der Waals surface area contributed by atoms with Crippen LogP contribution in [0, 0.1) is 18.8 Å². The fourth-order valence-corrected chi connectivity index (χ4v) is 4.15. The van der Waals surface area contributed by atoms with Crippen molar-refractivity contribution in [2.75, 3.05) is 24.6 Å². The van der Waals surface area contributed by atoms with Crippen molar-refractivity contribution in [2.45, 2.75) is 104 Å². The molecular weight excluding hydrogens is 386 g/mol. The molecule has 2 aliphatic rings. The molecule has 31 heavy (non-hydrogen) atoms. The second kappa shape index (κ2) is 9.94. The fraction of sp³-hybridized carbons (Fsp3) is 0.704. The highest BCUT2D eigenvalue weighted by Gasteiger charge is 2.35. The summed E-state index contributed by atoms with van der Waals surface area (Å²) in [6.45, 7) is 17.2. The number of piperidine rings is 1. The van der Waals surface area contributed by atoms with Crippen LogP contribution in [-0.2, 0) is 14.2 Å². The summed E-state index contributed by atoms with van der Waals surface area (Å²) in [5.74, 6) is 6.40. The van der Waals surface area contributed by atoms with Crippen LogP contribution in [-0.4, -0.2) is 49.2 Å². The highest BCUT2D eigenvalue weighted by atomic mass is 16.5. The number of anilines is 1. The molecule has 3 rings (SSSR count). The lowest BCUT2D eigenvalue weighted by Gasteiger charge is -2.42. The third-order valence-electron chi connectivity index (χ3n) is 5.76. The zero-order valence-electron chi connectivity index (χ0n) is 20.6. The van der Waals surface area contributed by atoms with Gasteiger partial charge < -0.3 is 19.1 Å². The average molecular weight is 428 g/mol. The van der Waals surface area contributed by atoms with Crippen molar-refractivity contribution in [3.63, 3.8) is 0 Å². The Morgan fingerprint density at radius 3 is 2.23 bits per heavy atom. The molecule has 1 saturated heterocycles. The minimum atomic E-state index is -0.153. The Morgan fingerprint density at radius 1 is 0.935 bits per heavy atom. The van der Waals surface area contributed by atoms with Gasteiger partial charge >= 0.3 is 0 Å². The van der Waals surface area contributed by atoms with Crippen molar-refractivity contribution in [3.05, 3.63) is 29.3 Å². The van der Waals surface area contributed by atoms with Crippen LogP contribution in [0.3, 0.4) is 0 Å². The summed E-state index contributed by atoms with van der Waals surface area (Å²) in [5, 5.41) is 0. The molecule has 1 saturated carbocycles. The summed E-state index contributed by atoms with van der Waals surface area (Å²) in [7, 11) is 0. The molecular formula is C27H41NO3. The minimum absolute atomic E-state index is 0.0582. The molecule has 1 aliphatic carbocycles. The molecule has 1 aliphatic heterocycles. The molecule has 0 radical (unpaired) electrons. The number of aryl methyl sites for hydroxylation is 1. The first-order chi connectivity index (χ1) is 14.5. The standard InChI is InChI=1S/C27H41NO3/c1-20-10-11-21(9-8-16-29-26(2,3)4)17-25(20)28-14-12-22(13-15-28)30-23-18-24(19-23)31-27(5,6)7/h10-11,17,22-24H,12-16,18-19H2,1-7H3. The maximum atomic E-state index is 6.36. The van der Waals surface area contributed by atoms with E-state index in [1.807, 2.05) is 0 Å². The largest absolute Gasteiger partial charge is 0.375 e. The van der Waals surface area contributed by atoms with Crippen LogP contribution in [0.5, 0.6) is 0 Å². The summed E-state index contributed by atoms with van der Waals surface area (Å²) in [6, 6.07) is 6.50. The first-order valence-electron chi connectivity index (χ1n) is 11.8. The van der Waals surface area contributed by atoms with E-state index < -0.39 is 0 Å². The van der Waals surface area contributed by atoms with Crippen LogP contribution in [0.15, 0.2) is 18.2 Å². The molecule has 2 fully saturated rings. The minimum Gasteiger partial charge on any atom is -0.375 e. The maximum absolute atomic E-state index is 6.36. The van der Waals surface area contributed by atoms with Crippen LogP contribution < -0.4 is 4.90 Å². The van der Waals surface area contributed by atoms with Gasteiger partial charge in [0.2, 0.25) is 0 Å². The van der Waals surface area contributed by atoms with Gasteiger partial charge in [-0.1, -0.05) is 17.9 Å². The van der Waals surface area contributed by atoms with Gasteiger partial charge in [0.1, 0.15) is 6.61 Å². The van der Waals surface area contributed by atoms with E-state index in [0.29, 0.717) is 24.9 Å². The van der Waals surface area contributed by atoms with E-state index in [-0.39, 0.29) is 11.2 Å². The predicted octanol–water partition coefficient (Wildman–Crippen LogP) is 5.49. The molecule has 4 heteroatoms. The SMILES string of the molecule is Cc1ccc(C#CCOC(C)(C)C)cc1N1CCC(OC2CC(OC(C)(C)C)C2)CC1. The topological polar surface area (TPSA) is 30.9 Å². The zero-order valence-corrected chi connectivity index (χ0v) is 20.6. The van der Waals surface area contributed by atoms with Crippen molar-refractivity contribution in [3.8, 4) is 11.8 Å². The Hall–Kier alpha value is -1.54. The summed E-state index contributed by atoms with van der Waals surface area (Å²) in [5.41, 5.74) is 3.44. The fourth-order valence-electron chi connectivity index (χ4n) is 4.15. The Balaban J connectivity index is 1.47. The lowest BCUT2D eigenvalue weighted by molar-refractivity contribution is -0.164. The van der Waals surface area contributed by atoms with Gasteiger partial charge in [0, 0.05) is 24.3 Å². The Kier molecular flexibility index (Phi) is 7.73. The average Bonchev–Trinajstić information content (AvgIpc) is 2.63. The number of hydrogen-bond acceptors (Lipinski definition) is 4. The summed E-state index contributed by atoms with van der Waals surface area (Å²) < 4.78 is 18.1. The van der Waals surface area contributed by atoms with Gasteiger partial charge in [0.25, 0.3) is 0 Å². The number of ether oxygens (including phenoxy) is 3. The summed E-state index contributed by atoms with van der Waals surface area (Å²) >= 11 is 0. The third-order valence-corrected chi connectivity index (χ3v) is 5.76. The van der Waals surface area contributed by atoms with E-state index in [2.05, 4.69) is 83.4 Å². The van der Waals surface area contributed by atoms with E-state index in [4.69, 9.17) is 14.2 Å². The van der Waals surface area contributed by atoms with E-state index in [9.17, 15) is 0 Å². The molecule has 0 atom stereocenters. The maximum Gasteiger partial charge on any atom is 0.108 e. The lowest BCUT2D eigenvalue weighted by atomic mass is 9.90. The molecule has 1 aromatic rings. The van der Waals surface area contributed by atoms with Gasteiger partial charge in [-0.2, -0.15) is 0 Å². The molecule has 1 aromatic carbocycles. The smallest absolute Gasteiger partial charge is 0.108 e. The monoisotopic (exact) mass is 427 g/mol. The summed E-state index contributed by atoms with van der Waals surface area (Å²) in [6.07, 6.45) is 5.35. The van der Waals surface area contributed by atoms with Gasteiger partial charge in [0.15, 0.2) is 0 Å². The second-order valence-electron chi connectivity index (χ2n) is 11.0. The lowest BCUT2D eigenvalue weighted by Crippen LogP contribution is -2.45. The number of benzene rings is 1. The van der Waals surface area contributed by atoms with Gasteiger partial charge in [-0.15, -0.1) is 0 Å². The normalized spacial score (nSPS) is 22.6.